The van der Waals surface area contributed by atoms with Crippen molar-refractivity contribution in [1.82, 2.24) is 5.32 Å². The lowest BCUT2D eigenvalue weighted by atomic mass is 10.0. The van der Waals surface area contributed by atoms with Gasteiger partial charge in [0.15, 0.2) is 11.5 Å². The van der Waals surface area contributed by atoms with Crippen molar-refractivity contribution in [2.24, 2.45) is 0 Å². The van der Waals surface area contributed by atoms with Crippen LogP contribution >= 0.6 is 0 Å². The molecule has 1 aromatic rings. The van der Waals surface area contributed by atoms with Crippen LogP contribution in [0.1, 0.15) is 26.3 Å². The Morgan fingerprint density at radius 1 is 1.22 bits per heavy atom. The molecular weight excluding hydrogens is 302 g/mol. The van der Waals surface area contributed by atoms with Gasteiger partial charge in [-0.3, -0.25) is 0 Å². The third kappa shape index (κ3) is 5.69. The van der Waals surface area contributed by atoms with Gasteiger partial charge in [0.05, 0.1) is 14.2 Å². The minimum Gasteiger partial charge on any atom is -0.493 e. The number of para-hydroxylation sites is 1. The topological polar surface area (TPSA) is 94.1 Å². The highest BCUT2D eigenvalue weighted by Crippen LogP contribution is 2.31. The van der Waals surface area contributed by atoms with Crippen LogP contribution in [0.3, 0.4) is 0 Å². The normalized spacial score (nSPS) is 12.2. The van der Waals surface area contributed by atoms with Gasteiger partial charge in [0.25, 0.3) is 0 Å². The Kier molecular flexibility index (Phi) is 6.24. The Bertz CT molecular complexity index is 564. The molecular formula is C16H23NO6. The van der Waals surface area contributed by atoms with Crippen LogP contribution in [0.5, 0.6) is 11.5 Å². The lowest BCUT2D eigenvalue weighted by molar-refractivity contribution is -0.139. The summed E-state index contributed by atoms with van der Waals surface area (Å²) in [6.45, 7) is 5.11. The predicted molar refractivity (Wildman–Crippen MR) is 84.0 cm³/mol. The van der Waals surface area contributed by atoms with Crippen molar-refractivity contribution in [3.05, 3.63) is 23.8 Å². The lowest BCUT2D eigenvalue weighted by Gasteiger charge is -2.22. The SMILES string of the molecule is COc1cccc(C[C@@H](NC(=O)OC(C)(C)C)C(=O)O)c1OC. The molecule has 0 unspecified atom stereocenters. The highest BCUT2D eigenvalue weighted by atomic mass is 16.6. The zero-order valence-corrected chi connectivity index (χ0v) is 14.0. The number of ether oxygens (including phenoxy) is 3. The van der Waals surface area contributed by atoms with E-state index in [1.165, 1.54) is 14.2 Å². The number of aliphatic carboxylic acids is 1. The first-order valence-corrected chi connectivity index (χ1v) is 7.10. The summed E-state index contributed by atoms with van der Waals surface area (Å²) in [5, 5.41) is 11.7. The van der Waals surface area contributed by atoms with Crippen molar-refractivity contribution in [3.63, 3.8) is 0 Å². The number of carbonyl (C=O) groups excluding carboxylic acids is 1. The molecule has 1 atom stereocenters. The first-order chi connectivity index (χ1) is 10.7. The number of carboxylic acid groups (broad SMARTS) is 1. The maximum absolute atomic E-state index is 11.8. The van der Waals surface area contributed by atoms with Gasteiger partial charge in [0, 0.05) is 12.0 Å². The Morgan fingerprint density at radius 3 is 2.35 bits per heavy atom. The number of hydrogen-bond donors (Lipinski definition) is 2. The van der Waals surface area contributed by atoms with Crippen LogP contribution in [0.25, 0.3) is 0 Å². The average Bonchev–Trinajstić information content (AvgIpc) is 2.44. The van der Waals surface area contributed by atoms with Gasteiger partial charge in [0.2, 0.25) is 0 Å². The van der Waals surface area contributed by atoms with Gasteiger partial charge in [-0.15, -0.1) is 0 Å². The zero-order chi connectivity index (χ0) is 17.6. The van der Waals surface area contributed by atoms with Crippen molar-refractivity contribution in [2.75, 3.05) is 14.2 Å². The number of hydrogen-bond acceptors (Lipinski definition) is 5. The molecule has 1 rings (SSSR count). The maximum Gasteiger partial charge on any atom is 0.408 e. The molecule has 0 aliphatic heterocycles. The molecule has 0 aliphatic rings. The molecule has 7 nitrogen and oxygen atoms in total. The molecule has 0 saturated carbocycles. The van der Waals surface area contributed by atoms with Crippen molar-refractivity contribution in [3.8, 4) is 11.5 Å². The number of benzene rings is 1. The van der Waals surface area contributed by atoms with E-state index < -0.39 is 23.7 Å². The van der Waals surface area contributed by atoms with Crippen LogP contribution in [0.15, 0.2) is 18.2 Å². The summed E-state index contributed by atoms with van der Waals surface area (Å²) >= 11 is 0. The number of carbonyl (C=O) groups is 2. The minimum atomic E-state index is -1.17. The largest absolute Gasteiger partial charge is 0.493 e. The van der Waals surface area contributed by atoms with E-state index in [1.807, 2.05) is 0 Å². The maximum atomic E-state index is 11.8. The van der Waals surface area contributed by atoms with Crippen LogP contribution in [0.4, 0.5) is 4.79 Å². The summed E-state index contributed by atoms with van der Waals surface area (Å²) in [6, 6.07) is 4.00. The van der Waals surface area contributed by atoms with Crippen LogP contribution in [-0.2, 0) is 16.0 Å². The Balaban J connectivity index is 2.93. The van der Waals surface area contributed by atoms with Crippen LogP contribution in [0.2, 0.25) is 0 Å². The molecule has 0 aromatic heterocycles. The summed E-state index contributed by atoms with van der Waals surface area (Å²) in [5.41, 5.74) is -0.101. The number of methoxy groups -OCH3 is 2. The molecule has 1 amide bonds. The highest BCUT2D eigenvalue weighted by molar-refractivity contribution is 5.80. The van der Waals surface area contributed by atoms with Crippen molar-refractivity contribution in [1.29, 1.82) is 0 Å². The lowest BCUT2D eigenvalue weighted by Crippen LogP contribution is -2.44. The molecule has 2 N–H and O–H groups in total. The van der Waals surface area contributed by atoms with E-state index in [4.69, 9.17) is 14.2 Å². The molecule has 0 fully saturated rings. The summed E-state index contributed by atoms with van der Waals surface area (Å²) < 4.78 is 15.5. The Hall–Kier alpha value is -2.44. The van der Waals surface area contributed by atoms with Gasteiger partial charge in [-0.25, -0.2) is 9.59 Å². The van der Waals surface area contributed by atoms with E-state index in [0.29, 0.717) is 17.1 Å². The second-order valence-corrected chi connectivity index (χ2v) is 5.89. The number of carboxylic acids is 1. The van der Waals surface area contributed by atoms with E-state index in [2.05, 4.69) is 5.32 Å². The Morgan fingerprint density at radius 2 is 1.87 bits per heavy atom. The van der Waals surface area contributed by atoms with Gasteiger partial charge < -0.3 is 24.6 Å². The first-order valence-electron chi connectivity index (χ1n) is 7.10. The molecule has 0 saturated heterocycles. The van der Waals surface area contributed by atoms with E-state index in [0.717, 1.165) is 0 Å². The van der Waals surface area contributed by atoms with Crippen LogP contribution in [-0.4, -0.2) is 43.0 Å². The second-order valence-electron chi connectivity index (χ2n) is 5.89. The van der Waals surface area contributed by atoms with E-state index in [9.17, 15) is 14.7 Å². The van der Waals surface area contributed by atoms with Crippen molar-refractivity contribution < 1.29 is 28.9 Å². The predicted octanol–water partition coefficient (Wildman–Crippen LogP) is 2.22. The average molecular weight is 325 g/mol. The van der Waals surface area contributed by atoms with Crippen LogP contribution in [0, 0.1) is 0 Å². The molecule has 0 spiro atoms. The monoisotopic (exact) mass is 325 g/mol. The summed E-state index contributed by atoms with van der Waals surface area (Å²) in [6.07, 6.45) is -0.749. The molecule has 0 radical (unpaired) electrons. The summed E-state index contributed by atoms with van der Waals surface area (Å²) in [7, 11) is 2.97. The number of rotatable bonds is 6. The van der Waals surface area contributed by atoms with Gasteiger partial charge >= 0.3 is 12.1 Å². The zero-order valence-electron chi connectivity index (χ0n) is 14.0. The third-order valence-electron chi connectivity index (χ3n) is 2.90. The minimum absolute atomic E-state index is 0.0367. The number of nitrogens with one attached hydrogen (secondary N) is 1. The third-order valence-corrected chi connectivity index (χ3v) is 2.90. The molecule has 1 aromatic carbocycles. The van der Waals surface area contributed by atoms with Gasteiger partial charge in [-0.05, 0) is 26.8 Å². The van der Waals surface area contributed by atoms with E-state index in [-0.39, 0.29) is 6.42 Å². The highest BCUT2D eigenvalue weighted by Gasteiger charge is 2.25. The molecule has 0 heterocycles. The molecule has 0 aliphatic carbocycles. The second kappa shape index (κ2) is 7.71. The van der Waals surface area contributed by atoms with Crippen molar-refractivity contribution >= 4 is 12.1 Å². The summed E-state index contributed by atoms with van der Waals surface area (Å²) in [4.78, 5) is 23.2. The fourth-order valence-electron chi connectivity index (χ4n) is 1.98. The van der Waals surface area contributed by atoms with Gasteiger partial charge in [0.1, 0.15) is 11.6 Å². The Labute approximate surface area is 135 Å². The van der Waals surface area contributed by atoms with E-state index in [1.54, 1.807) is 39.0 Å². The smallest absolute Gasteiger partial charge is 0.408 e. The summed E-state index contributed by atoms with van der Waals surface area (Å²) in [5.74, 6) is -0.237. The fraction of sp³-hybridized carbons (Fsp3) is 0.500. The molecule has 0 bridgehead atoms. The standard InChI is InChI=1S/C16H23NO6/c1-16(2,3)23-15(20)17-11(14(18)19)9-10-7-6-8-12(21-4)13(10)22-5/h6-8,11H,9H2,1-5H3,(H,17,20)(H,18,19)/t11-/m1/s1. The van der Waals surface area contributed by atoms with Gasteiger partial charge in [-0.2, -0.15) is 0 Å². The van der Waals surface area contributed by atoms with Crippen LogP contribution < -0.4 is 14.8 Å². The van der Waals surface area contributed by atoms with Crippen molar-refractivity contribution in [2.45, 2.75) is 38.8 Å². The first kappa shape index (κ1) is 18.6. The number of alkyl carbamates (subject to hydrolysis) is 1. The molecule has 23 heavy (non-hydrogen) atoms. The number of amides is 1. The van der Waals surface area contributed by atoms with Gasteiger partial charge in [-0.1, -0.05) is 12.1 Å². The quantitative estimate of drug-likeness (QED) is 0.833. The molecule has 128 valence electrons. The molecule has 7 heteroatoms. The van der Waals surface area contributed by atoms with E-state index >= 15 is 0 Å². The fourth-order valence-corrected chi connectivity index (χ4v) is 1.98.